The largest absolute Gasteiger partial charge is 0.463 e. The van der Waals surface area contributed by atoms with Crippen molar-refractivity contribution >= 4 is 58.6 Å². The molecule has 1 saturated heterocycles. The van der Waals surface area contributed by atoms with Crippen LogP contribution in [0.1, 0.15) is 27.7 Å². The second-order valence-electron chi connectivity index (χ2n) is 6.15. The Hall–Kier alpha value is -1.33. The van der Waals surface area contributed by atoms with E-state index in [0.29, 0.717) is 0 Å². The molecule has 1 aliphatic rings. The van der Waals surface area contributed by atoms with Gasteiger partial charge in [0.05, 0.1) is 6.61 Å². The minimum atomic E-state index is -1.81. The van der Waals surface area contributed by atoms with Crippen molar-refractivity contribution in [1.82, 2.24) is 5.32 Å². The first-order valence-electron chi connectivity index (χ1n) is 8.39. The van der Waals surface area contributed by atoms with Crippen molar-refractivity contribution < 1.29 is 42.9 Å². The summed E-state index contributed by atoms with van der Waals surface area (Å²) in [6, 6.07) is -1.12. The summed E-state index contributed by atoms with van der Waals surface area (Å²) in [5.41, 5.74) is 0. The molecular formula is C16H22Cl3NO9. The normalized spacial score (nSPS) is 26.9. The smallest absolute Gasteiger partial charge is 0.303 e. The summed E-state index contributed by atoms with van der Waals surface area (Å²) in [6.45, 7) is 3.85. The Bertz CT molecular complexity index is 625. The third kappa shape index (κ3) is 9.35. The first kappa shape index (κ1) is 25.7. The Morgan fingerprint density at radius 2 is 1.48 bits per heavy atom. The fourth-order valence-electron chi connectivity index (χ4n) is 2.61. The molecule has 1 N–H and O–H groups in total. The zero-order valence-corrected chi connectivity index (χ0v) is 18.4. The van der Waals surface area contributed by atoms with Gasteiger partial charge in [-0.25, -0.2) is 0 Å². The lowest BCUT2D eigenvalue weighted by Crippen LogP contribution is -2.66. The van der Waals surface area contributed by atoms with Crippen molar-refractivity contribution in [3.05, 3.63) is 0 Å². The molecule has 0 aromatic rings. The number of hydrogen-bond acceptors (Lipinski definition) is 9. The van der Waals surface area contributed by atoms with E-state index in [-0.39, 0.29) is 6.61 Å². The molecule has 0 saturated carbocycles. The summed E-state index contributed by atoms with van der Waals surface area (Å²) >= 11 is 17.1. The summed E-state index contributed by atoms with van der Waals surface area (Å²) in [5.74, 6) is -2.58. The van der Waals surface area contributed by atoms with E-state index >= 15 is 0 Å². The van der Waals surface area contributed by atoms with Gasteiger partial charge in [-0.15, -0.1) is 0 Å². The van der Waals surface area contributed by atoms with E-state index in [1.54, 1.807) is 0 Å². The van der Waals surface area contributed by atoms with Gasteiger partial charge in [-0.1, -0.05) is 34.8 Å². The second kappa shape index (κ2) is 11.2. The van der Waals surface area contributed by atoms with Crippen LogP contribution in [0, 0.1) is 0 Å². The van der Waals surface area contributed by atoms with Crippen LogP contribution in [0.3, 0.4) is 0 Å². The molecule has 0 spiro atoms. The van der Waals surface area contributed by atoms with Crippen LogP contribution in [0.2, 0.25) is 0 Å². The monoisotopic (exact) mass is 477 g/mol. The van der Waals surface area contributed by atoms with Crippen LogP contribution in [0.15, 0.2) is 0 Å². The lowest BCUT2D eigenvalue weighted by Gasteiger charge is -2.45. The zero-order chi connectivity index (χ0) is 22.4. The van der Waals surface area contributed by atoms with Gasteiger partial charge in [-0.2, -0.15) is 0 Å². The molecule has 0 bridgehead atoms. The summed E-state index contributed by atoms with van der Waals surface area (Å²) in [7, 11) is 0. The number of halogens is 3. The Kier molecular flexibility index (Phi) is 9.90. The van der Waals surface area contributed by atoms with Crippen LogP contribution in [0.4, 0.5) is 0 Å². The topological polar surface area (TPSA) is 126 Å². The highest BCUT2D eigenvalue weighted by Crippen LogP contribution is 2.31. The number of nitrogens with one attached hydrogen (secondary N) is 1. The van der Waals surface area contributed by atoms with Crippen molar-refractivity contribution in [2.24, 2.45) is 0 Å². The van der Waals surface area contributed by atoms with Crippen LogP contribution >= 0.6 is 34.8 Å². The van der Waals surface area contributed by atoms with Crippen LogP contribution in [-0.2, 0) is 42.9 Å². The van der Waals surface area contributed by atoms with Crippen molar-refractivity contribution in [3.63, 3.8) is 0 Å². The van der Waals surface area contributed by atoms with Gasteiger partial charge in [-0.05, 0) is 0 Å². The molecule has 1 heterocycles. The maximum absolute atomic E-state index is 11.7. The molecule has 0 aromatic heterocycles. The van der Waals surface area contributed by atoms with E-state index < -0.39 is 64.9 Å². The van der Waals surface area contributed by atoms with Gasteiger partial charge in [-0.3, -0.25) is 19.2 Å². The van der Waals surface area contributed by atoms with E-state index in [1.807, 2.05) is 0 Å². The molecule has 0 unspecified atom stereocenters. The summed E-state index contributed by atoms with van der Waals surface area (Å²) in [5, 5.41) is 2.52. The average molecular weight is 479 g/mol. The highest BCUT2D eigenvalue weighted by molar-refractivity contribution is 6.67. The number of amides is 1. The first-order valence-corrected chi connectivity index (χ1v) is 9.52. The molecule has 1 aliphatic heterocycles. The van der Waals surface area contributed by atoms with Crippen molar-refractivity contribution in [2.75, 3.05) is 13.2 Å². The lowest BCUT2D eigenvalue weighted by atomic mass is 9.96. The van der Waals surface area contributed by atoms with Gasteiger partial charge >= 0.3 is 17.9 Å². The Balaban J connectivity index is 3.28. The Morgan fingerprint density at radius 1 is 0.931 bits per heavy atom. The molecule has 13 heteroatoms. The molecule has 29 heavy (non-hydrogen) atoms. The van der Waals surface area contributed by atoms with Gasteiger partial charge in [0.15, 0.2) is 18.5 Å². The van der Waals surface area contributed by atoms with Crippen LogP contribution in [0.5, 0.6) is 0 Å². The number of carbonyl (C=O) groups excluding carboxylic acids is 4. The number of alkyl halides is 3. The van der Waals surface area contributed by atoms with E-state index in [9.17, 15) is 19.2 Å². The summed E-state index contributed by atoms with van der Waals surface area (Å²) < 4.78 is 24.8. The van der Waals surface area contributed by atoms with Crippen molar-refractivity contribution in [3.8, 4) is 0 Å². The van der Waals surface area contributed by atoms with E-state index in [2.05, 4.69) is 5.32 Å². The first-order chi connectivity index (χ1) is 13.3. The number of carbonyl (C=O) groups is 4. The predicted molar refractivity (Wildman–Crippen MR) is 100 cm³/mol. The van der Waals surface area contributed by atoms with Gasteiger partial charge in [0, 0.05) is 27.7 Å². The second-order valence-corrected chi connectivity index (χ2v) is 8.66. The zero-order valence-electron chi connectivity index (χ0n) is 16.1. The quantitative estimate of drug-likeness (QED) is 0.324. The third-order valence-electron chi connectivity index (χ3n) is 3.48. The molecule has 5 atom stereocenters. The highest BCUT2D eigenvalue weighted by Gasteiger charge is 2.51. The van der Waals surface area contributed by atoms with Gasteiger partial charge in [0.2, 0.25) is 9.70 Å². The van der Waals surface area contributed by atoms with Gasteiger partial charge < -0.3 is 29.0 Å². The minimum Gasteiger partial charge on any atom is -0.463 e. The molecule has 166 valence electrons. The maximum Gasteiger partial charge on any atom is 0.303 e. The molecule has 10 nitrogen and oxygen atoms in total. The van der Waals surface area contributed by atoms with E-state index in [0.717, 1.165) is 13.8 Å². The molecule has 0 aromatic carbocycles. The lowest BCUT2D eigenvalue weighted by molar-refractivity contribution is -0.277. The van der Waals surface area contributed by atoms with Crippen LogP contribution in [-0.4, -0.2) is 71.5 Å². The number of rotatable bonds is 7. The fraction of sp³-hybridized carbons (Fsp3) is 0.750. The fourth-order valence-corrected chi connectivity index (χ4v) is 2.80. The van der Waals surface area contributed by atoms with Crippen molar-refractivity contribution in [2.45, 2.75) is 62.1 Å². The minimum absolute atomic E-state index is 0.356. The van der Waals surface area contributed by atoms with E-state index in [1.165, 1.54) is 13.8 Å². The van der Waals surface area contributed by atoms with Crippen LogP contribution in [0.25, 0.3) is 0 Å². The number of esters is 3. The number of ether oxygens (including phenoxy) is 5. The molecule has 1 amide bonds. The summed E-state index contributed by atoms with van der Waals surface area (Å²) in [4.78, 5) is 46.2. The van der Waals surface area contributed by atoms with Gasteiger partial charge in [0.1, 0.15) is 18.8 Å². The molecule has 0 aliphatic carbocycles. The third-order valence-corrected chi connectivity index (χ3v) is 3.81. The molecule has 1 fully saturated rings. The predicted octanol–water partition coefficient (Wildman–Crippen LogP) is 1.03. The highest BCUT2D eigenvalue weighted by atomic mass is 35.6. The van der Waals surface area contributed by atoms with Gasteiger partial charge in [0.25, 0.3) is 0 Å². The molecule has 1 rings (SSSR count). The summed E-state index contributed by atoms with van der Waals surface area (Å²) in [6.07, 6.45) is -4.85. The van der Waals surface area contributed by atoms with E-state index in [4.69, 9.17) is 58.5 Å². The maximum atomic E-state index is 11.7. The molecule has 0 radical (unpaired) electrons. The van der Waals surface area contributed by atoms with Crippen LogP contribution < -0.4 is 5.32 Å². The standard InChI is InChI=1S/C16H22Cl3NO9/c1-7(21)20-12-14(28-10(4)24)13(27-9(3)23)11(5-25-8(2)22)29-15(12)26-6-16(17,18)19/h11-15H,5-6H2,1-4H3,(H,20,21)/t11-,12-,13-,14-,15-/m1/s1. The average Bonchev–Trinajstić information content (AvgIpc) is 2.53. The Labute approximate surface area is 182 Å². The Morgan fingerprint density at radius 3 is 1.93 bits per heavy atom. The van der Waals surface area contributed by atoms with Crippen molar-refractivity contribution in [1.29, 1.82) is 0 Å². The molecular weight excluding hydrogens is 457 g/mol. The SMILES string of the molecule is CC(=O)N[C@H]1[C@H](OCC(Cl)(Cl)Cl)O[C@H](COC(C)=O)[C@@H](OC(C)=O)[C@@H]1OC(C)=O. The number of hydrogen-bond donors (Lipinski definition) is 1.